The van der Waals surface area contributed by atoms with Crippen LogP contribution < -0.4 is 9.52 Å². The van der Waals surface area contributed by atoms with Gasteiger partial charge in [0, 0.05) is 16.3 Å². The van der Waals surface area contributed by atoms with E-state index in [1.807, 2.05) is 18.2 Å². The van der Waals surface area contributed by atoms with Gasteiger partial charge >= 0.3 is 5.97 Å². The number of nitrogens with zero attached hydrogens (tertiary/aromatic N) is 2. The van der Waals surface area contributed by atoms with Gasteiger partial charge in [0.2, 0.25) is 0 Å². The molecule has 0 spiro atoms. The summed E-state index contributed by atoms with van der Waals surface area (Å²) in [6.07, 6.45) is 0. The monoisotopic (exact) mass is 571 g/mol. The maximum absolute atomic E-state index is 13.0. The van der Waals surface area contributed by atoms with Crippen LogP contribution in [0, 0.1) is 0 Å². The number of sulfonamides is 1. The van der Waals surface area contributed by atoms with Crippen molar-refractivity contribution in [2.75, 3.05) is 11.3 Å². The molecule has 38 heavy (non-hydrogen) atoms. The molecule has 11 heteroatoms. The summed E-state index contributed by atoms with van der Waals surface area (Å²) in [6, 6.07) is 17.7. The maximum Gasteiger partial charge on any atom is 0.326 e. The molecule has 0 bridgehead atoms. The van der Waals surface area contributed by atoms with E-state index in [1.54, 1.807) is 11.5 Å². The van der Waals surface area contributed by atoms with E-state index in [0.717, 1.165) is 15.8 Å². The SMILES string of the molecule is CCOC(=O)Cn1c(=NC(=O)c2ccc(NS(=O)(=O)c3ccc(Cl)cc3)cc2)sc2cc(C(C)C)ccc21. The first-order valence-corrected chi connectivity index (χ1v) is 14.5. The van der Waals surface area contributed by atoms with Crippen molar-refractivity contribution in [1.29, 1.82) is 0 Å². The first-order chi connectivity index (χ1) is 18.1. The predicted molar refractivity (Wildman–Crippen MR) is 149 cm³/mol. The Labute approximate surface area is 229 Å². The van der Waals surface area contributed by atoms with Gasteiger partial charge in [-0.25, -0.2) is 8.42 Å². The lowest BCUT2D eigenvalue weighted by molar-refractivity contribution is -0.143. The Morgan fingerprint density at radius 2 is 1.74 bits per heavy atom. The van der Waals surface area contributed by atoms with Gasteiger partial charge in [0.05, 0.1) is 21.7 Å². The van der Waals surface area contributed by atoms with Crippen LogP contribution in [0.1, 0.15) is 42.6 Å². The van der Waals surface area contributed by atoms with E-state index in [0.29, 0.717) is 15.7 Å². The topological polar surface area (TPSA) is 107 Å². The summed E-state index contributed by atoms with van der Waals surface area (Å²) in [7, 11) is -3.82. The molecule has 3 aromatic carbocycles. The van der Waals surface area contributed by atoms with Crippen LogP contribution in [-0.2, 0) is 26.1 Å². The normalized spacial score (nSPS) is 12.2. The first kappa shape index (κ1) is 27.6. The van der Waals surface area contributed by atoms with E-state index < -0.39 is 21.9 Å². The third-order valence-corrected chi connectivity index (χ3v) is 8.36. The van der Waals surface area contributed by atoms with Gasteiger partial charge in [-0.2, -0.15) is 4.99 Å². The second-order valence-electron chi connectivity index (χ2n) is 8.71. The van der Waals surface area contributed by atoms with Crippen LogP contribution in [0.25, 0.3) is 10.2 Å². The number of anilines is 1. The first-order valence-electron chi connectivity index (χ1n) is 11.8. The number of ether oxygens (including phenoxy) is 1. The fourth-order valence-corrected chi connectivity index (χ4v) is 5.94. The van der Waals surface area contributed by atoms with Gasteiger partial charge < -0.3 is 9.30 Å². The molecule has 0 radical (unpaired) electrons. The summed E-state index contributed by atoms with van der Waals surface area (Å²) < 4.78 is 35.4. The van der Waals surface area contributed by atoms with Gasteiger partial charge in [-0.15, -0.1) is 0 Å². The minimum Gasteiger partial charge on any atom is -0.465 e. The Kier molecular flexibility index (Phi) is 8.35. The third kappa shape index (κ3) is 6.32. The highest BCUT2D eigenvalue weighted by Crippen LogP contribution is 2.24. The molecule has 0 atom stereocenters. The van der Waals surface area contributed by atoms with Crippen molar-refractivity contribution in [2.45, 2.75) is 38.1 Å². The molecule has 1 heterocycles. The maximum atomic E-state index is 13.0. The number of thiazole rings is 1. The number of hydrogen-bond acceptors (Lipinski definition) is 6. The Balaban J connectivity index is 1.63. The number of carbonyl (C=O) groups excluding carboxylic acids is 2. The summed E-state index contributed by atoms with van der Waals surface area (Å²) in [5.41, 5.74) is 2.47. The molecule has 0 unspecified atom stereocenters. The molecular formula is C27H26ClN3O5S2. The summed E-state index contributed by atoms with van der Waals surface area (Å²) in [5.74, 6) is -0.630. The van der Waals surface area contributed by atoms with Crippen molar-refractivity contribution >= 4 is 60.7 Å². The highest BCUT2D eigenvalue weighted by Gasteiger charge is 2.16. The van der Waals surface area contributed by atoms with Crippen LogP contribution in [0.3, 0.4) is 0 Å². The molecule has 8 nitrogen and oxygen atoms in total. The quantitative estimate of drug-likeness (QED) is 0.278. The van der Waals surface area contributed by atoms with Crippen molar-refractivity contribution < 1.29 is 22.7 Å². The lowest BCUT2D eigenvalue weighted by atomic mass is 10.0. The van der Waals surface area contributed by atoms with E-state index in [1.165, 1.54) is 59.9 Å². The number of aromatic nitrogens is 1. The van der Waals surface area contributed by atoms with Gasteiger partial charge in [0.25, 0.3) is 15.9 Å². The van der Waals surface area contributed by atoms with Crippen molar-refractivity contribution in [1.82, 2.24) is 4.57 Å². The summed E-state index contributed by atoms with van der Waals surface area (Å²) >= 11 is 7.15. The molecule has 0 aliphatic rings. The standard InChI is InChI=1S/C27H26ClN3O5S2/c1-4-36-25(32)16-31-23-14-7-19(17(2)3)15-24(23)37-27(31)29-26(33)18-5-10-21(11-6-18)30-38(34,35)22-12-8-20(28)9-13-22/h5-15,17,30H,4,16H2,1-3H3. The molecule has 0 saturated carbocycles. The molecular weight excluding hydrogens is 546 g/mol. The Morgan fingerprint density at radius 1 is 1.05 bits per heavy atom. The predicted octanol–water partition coefficient (Wildman–Crippen LogP) is 5.58. The number of fused-ring (bicyclic) bond motifs is 1. The fourth-order valence-electron chi connectivity index (χ4n) is 3.68. The zero-order chi connectivity index (χ0) is 27.4. The van der Waals surface area contributed by atoms with E-state index in [4.69, 9.17) is 16.3 Å². The summed E-state index contributed by atoms with van der Waals surface area (Å²) in [5, 5.41) is 0.429. The van der Waals surface area contributed by atoms with Gasteiger partial charge in [-0.05, 0) is 79.1 Å². The van der Waals surface area contributed by atoms with Crippen LogP contribution >= 0.6 is 22.9 Å². The molecule has 0 aliphatic carbocycles. The van der Waals surface area contributed by atoms with E-state index in [-0.39, 0.29) is 29.3 Å². The number of halogens is 1. The van der Waals surface area contributed by atoms with Crippen molar-refractivity contribution in [3.63, 3.8) is 0 Å². The van der Waals surface area contributed by atoms with E-state index in [2.05, 4.69) is 23.6 Å². The molecule has 0 fully saturated rings. The molecule has 1 N–H and O–H groups in total. The average Bonchev–Trinajstić information content (AvgIpc) is 3.20. The number of rotatable bonds is 8. The summed E-state index contributed by atoms with van der Waals surface area (Å²) in [4.78, 5) is 30.0. The van der Waals surface area contributed by atoms with Gasteiger partial charge in [-0.3, -0.25) is 14.3 Å². The van der Waals surface area contributed by atoms with E-state index >= 15 is 0 Å². The second kappa shape index (κ2) is 11.5. The molecule has 1 aromatic heterocycles. The third-order valence-electron chi connectivity index (χ3n) is 5.67. The van der Waals surface area contributed by atoms with Crippen molar-refractivity contribution in [3.8, 4) is 0 Å². The smallest absolute Gasteiger partial charge is 0.326 e. The van der Waals surface area contributed by atoms with Gasteiger partial charge in [-0.1, -0.05) is 42.9 Å². The number of nitrogens with one attached hydrogen (secondary N) is 1. The minimum absolute atomic E-state index is 0.0635. The lowest BCUT2D eigenvalue weighted by Crippen LogP contribution is -2.23. The Hall–Kier alpha value is -3.47. The van der Waals surface area contributed by atoms with Gasteiger partial charge in [0.15, 0.2) is 4.80 Å². The number of benzene rings is 3. The van der Waals surface area contributed by atoms with Gasteiger partial charge in [0.1, 0.15) is 6.54 Å². The minimum atomic E-state index is -3.82. The number of esters is 1. The largest absolute Gasteiger partial charge is 0.465 e. The molecule has 0 aliphatic heterocycles. The van der Waals surface area contributed by atoms with Crippen LogP contribution in [0.5, 0.6) is 0 Å². The molecule has 0 saturated heterocycles. The zero-order valence-electron chi connectivity index (χ0n) is 21.0. The second-order valence-corrected chi connectivity index (χ2v) is 11.8. The lowest BCUT2D eigenvalue weighted by Gasteiger charge is -2.08. The van der Waals surface area contributed by atoms with Crippen LogP contribution in [0.15, 0.2) is 76.6 Å². The molecule has 1 amide bonds. The van der Waals surface area contributed by atoms with Crippen molar-refractivity contribution in [2.24, 2.45) is 4.99 Å². The van der Waals surface area contributed by atoms with E-state index in [9.17, 15) is 18.0 Å². The Bertz CT molecular complexity index is 1660. The number of carbonyl (C=O) groups is 2. The Morgan fingerprint density at radius 3 is 2.37 bits per heavy atom. The highest BCUT2D eigenvalue weighted by molar-refractivity contribution is 7.92. The highest BCUT2D eigenvalue weighted by atomic mass is 35.5. The number of hydrogen-bond donors (Lipinski definition) is 1. The average molecular weight is 572 g/mol. The molecule has 198 valence electrons. The fraction of sp³-hybridized carbons (Fsp3) is 0.222. The number of amides is 1. The van der Waals surface area contributed by atoms with Crippen LogP contribution in [-0.4, -0.2) is 31.5 Å². The van der Waals surface area contributed by atoms with Crippen molar-refractivity contribution in [3.05, 3.63) is 87.7 Å². The summed E-state index contributed by atoms with van der Waals surface area (Å²) in [6.45, 7) is 6.09. The zero-order valence-corrected chi connectivity index (χ0v) is 23.4. The van der Waals surface area contributed by atoms with Crippen LogP contribution in [0.4, 0.5) is 5.69 Å². The molecule has 4 rings (SSSR count). The van der Waals surface area contributed by atoms with Crippen LogP contribution in [0.2, 0.25) is 5.02 Å². The molecule has 4 aromatic rings.